The molecule has 0 aliphatic carbocycles. The van der Waals surface area contributed by atoms with Crippen LogP contribution in [0.25, 0.3) is 10.9 Å². The highest BCUT2D eigenvalue weighted by Gasteiger charge is 2.53. The number of nitrogens with one attached hydrogen (secondary N) is 1. The van der Waals surface area contributed by atoms with E-state index < -0.39 is 10.0 Å². The van der Waals surface area contributed by atoms with Crippen molar-refractivity contribution in [1.29, 1.82) is 0 Å². The predicted octanol–water partition coefficient (Wildman–Crippen LogP) is 2.33. The molecule has 1 N–H and O–H groups in total. The Labute approximate surface area is 160 Å². The molecule has 1 aromatic heterocycles. The first-order valence-electron chi connectivity index (χ1n) is 9.83. The molecule has 5 rings (SSSR count). The maximum Gasteiger partial charge on any atom is 0.211 e. The highest BCUT2D eigenvalue weighted by atomic mass is 32.2. The van der Waals surface area contributed by atoms with Gasteiger partial charge in [-0.15, -0.1) is 0 Å². The van der Waals surface area contributed by atoms with Crippen molar-refractivity contribution in [3.63, 3.8) is 0 Å². The molecule has 2 bridgehead atoms. The van der Waals surface area contributed by atoms with E-state index in [1.54, 1.807) is 4.31 Å². The summed E-state index contributed by atoms with van der Waals surface area (Å²) in [5.74, 6) is 0. The SMILES string of the molecule is CS(=O)(=O)N1[C@@H]2CC[C@H]1CC1(C2)CN(Cc2cccc3[nH]ccc23)CCO1. The van der Waals surface area contributed by atoms with Crippen molar-refractivity contribution in [3.05, 3.63) is 36.0 Å². The summed E-state index contributed by atoms with van der Waals surface area (Å²) in [6.07, 6.45) is 6.91. The lowest BCUT2D eigenvalue weighted by atomic mass is 9.85. The molecule has 1 unspecified atom stereocenters. The van der Waals surface area contributed by atoms with Gasteiger partial charge in [0.15, 0.2) is 0 Å². The average molecular weight is 390 g/mol. The van der Waals surface area contributed by atoms with Crippen LogP contribution in [0.4, 0.5) is 0 Å². The normalized spacial score (nSPS) is 32.5. The van der Waals surface area contributed by atoms with Crippen molar-refractivity contribution in [2.24, 2.45) is 0 Å². The summed E-state index contributed by atoms with van der Waals surface area (Å²) in [7, 11) is -3.14. The van der Waals surface area contributed by atoms with Gasteiger partial charge in [-0.1, -0.05) is 12.1 Å². The average Bonchev–Trinajstić information content (AvgIpc) is 3.19. The quantitative estimate of drug-likeness (QED) is 0.875. The topological polar surface area (TPSA) is 65.6 Å². The van der Waals surface area contributed by atoms with Gasteiger partial charge < -0.3 is 9.72 Å². The molecule has 1 aromatic carbocycles. The fourth-order valence-corrected chi connectivity index (χ4v) is 7.08. The van der Waals surface area contributed by atoms with Crippen molar-refractivity contribution in [3.8, 4) is 0 Å². The van der Waals surface area contributed by atoms with Gasteiger partial charge in [0.05, 0.1) is 18.5 Å². The zero-order valence-electron chi connectivity index (χ0n) is 15.7. The van der Waals surface area contributed by atoms with Crippen molar-refractivity contribution < 1.29 is 13.2 Å². The number of nitrogens with zero attached hydrogens (tertiary/aromatic N) is 2. The molecular weight excluding hydrogens is 362 g/mol. The van der Waals surface area contributed by atoms with Crippen LogP contribution in [0, 0.1) is 0 Å². The maximum absolute atomic E-state index is 12.2. The molecule has 3 atom stereocenters. The Hall–Kier alpha value is -1.41. The van der Waals surface area contributed by atoms with E-state index in [1.165, 1.54) is 22.7 Å². The Morgan fingerprint density at radius 3 is 2.74 bits per heavy atom. The molecule has 0 saturated carbocycles. The summed E-state index contributed by atoms with van der Waals surface area (Å²) in [5, 5.41) is 1.28. The highest BCUT2D eigenvalue weighted by Crippen LogP contribution is 2.45. The summed E-state index contributed by atoms with van der Waals surface area (Å²) in [6, 6.07) is 8.77. The van der Waals surface area contributed by atoms with Gasteiger partial charge >= 0.3 is 0 Å². The van der Waals surface area contributed by atoms with Gasteiger partial charge in [0.2, 0.25) is 10.0 Å². The first kappa shape index (κ1) is 17.7. The van der Waals surface area contributed by atoms with Gasteiger partial charge in [-0.05, 0) is 43.4 Å². The van der Waals surface area contributed by atoms with Crippen LogP contribution >= 0.6 is 0 Å². The van der Waals surface area contributed by atoms with Crippen molar-refractivity contribution in [1.82, 2.24) is 14.2 Å². The third-order valence-electron chi connectivity index (χ3n) is 6.56. The van der Waals surface area contributed by atoms with Crippen LogP contribution in [0.2, 0.25) is 0 Å². The number of morpholine rings is 1. The van der Waals surface area contributed by atoms with E-state index in [-0.39, 0.29) is 17.7 Å². The smallest absolute Gasteiger partial charge is 0.211 e. The van der Waals surface area contributed by atoms with Crippen molar-refractivity contribution in [2.75, 3.05) is 26.0 Å². The number of hydrogen-bond acceptors (Lipinski definition) is 4. The third kappa shape index (κ3) is 3.10. The molecule has 3 aliphatic heterocycles. The summed E-state index contributed by atoms with van der Waals surface area (Å²) in [6.45, 7) is 3.44. The lowest BCUT2D eigenvalue weighted by Crippen LogP contribution is -2.60. The van der Waals surface area contributed by atoms with Crippen LogP contribution in [0.15, 0.2) is 30.5 Å². The first-order valence-corrected chi connectivity index (χ1v) is 11.7. The van der Waals surface area contributed by atoms with Crippen molar-refractivity contribution >= 4 is 20.9 Å². The number of rotatable bonds is 3. The van der Waals surface area contributed by atoms with Gasteiger partial charge in [0, 0.05) is 48.8 Å². The van der Waals surface area contributed by atoms with E-state index in [2.05, 4.69) is 34.1 Å². The minimum absolute atomic E-state index is 0.104. The van der Waals surface area contributed by atoms with Crippen LogP contribution in [0.1, 0.15) is 31.2 Å². The van der Waals surface area contributed by atoms with Crippen LogP contribution in [-0.4, -0.2) is 66.2 Å². The summed E-state index contributed by atoms with van der Waals surface area (Å²) in [4.78, 5) is 5.77. The molecule has 3 saturated heterocycles. The van der Waals surface area contributed by atoms with Crippen molar-refractivity contribution in [2.45, 2.75) is 49.9 Å². The largest absolute Gasteiger partial charge is 0.372 e. The number of fused-ring (bicyclic) bond motifs is 3. The minimum atomic E-state index is -3.14. The molecule has 7 heteroatoms. The molecular formula is C20H27N3O3S. The Morgan fingerprint density at radius 1 is 1.22 bits per heavy atom. The van der Waals surface area contributed by atoms with Crippen LogP contribution < -0.4 is 0 Å². The third-order valence-corrected chi connectivity index (χ3v) is 7.92. The molecule has 146 valence electrons. The molecule has 1 spiro atoms. The van der Waals surface area contributed by atoms with E-state index >= 15 is 0 Å². The Kier molecular flexibility index (Phi) is 4.13. The zero-order chi connectivity index (χ0) is 18.6. The number of benzene rings is 1. The number of sulfonamides is 1. The second kappa shape index (κ2) is 6.30. The minimum Gasteiger partial charge on any atom is -0.372 e. The molecule has 4 heterocycles. The molecule has 0 amide bonds. The molecule has 3 fully saturated rings. The Balaban J connectivity index is 1.35. The van der Waals surface area contributed by atoms with E-state index in [0.29, 0.717) is 0 Å². The number of aromatic amines is 1. The van der Waals surface area contributed by atoms with Crippen LogP contribution in [-0.2, 0) is 21.3 Å². The van der Waals surface area contributed by atoms with Gasteiger partial charge in [0.25, 0.3) is 0 Å². The molecule has 3 aliphatic rings. The Bertz CT molecular complexity index is 940. The first-order chi connectivity index (χ1) is 12.9. The van der Waals surface area contributed by atoms with Gasteiger partial charge in [-0.25, -0.2) is 8.42 Å². The molecule has 0 radical (unpaired) electrons. The fraction of sp³-hybridized carbons (Fsp3) is 0.600. The molecule has 6 nitrogen and oxygen atoms in total. The number of H-pyrrole nitrogens is 1. The van der Waals surface area contributed by atoms with E-state index in [9.17, 15) is 8.42 Å². The van der Waals surface area contributed by atoms with Gasteiger partial charge in [-0.2, -0.15) is 4.31 Å². The number of aromatic nitrogens is 1. The van der Waals surface area contributed by atoms with E-state index in [4.69, 9.17) is 4.74 Å². The lowest BCUT2D eigenvalue weighted by Gasteiger charge is -2.49. The maximum atomic E-state index is 12.2. The van der Waals surface area contributed by atoms with Gasteiger partial charge in [-0.3, -0.25) is 4.90 Å². The predicted molar refractivity (Wildman–Crippen MR) is 105 cm³/mol. The molecule has 2 aromatic rings. The lowest BCUT2D eigenvalue weighted by molar-refractivity contribution is -0.142. The number of ether oxygens (including phenoxy) is 1. The zero-order valence-corrected chi connectivity index (χ0v) is 16.5. The van der Waals surface area contributed by atoms with Gasteiger partial charge in [0.1, 0.15) is 0 Å². The standard InChI is InChI=1S/C20H27N3O3S/c1-27(24,25)23-16-5-6-17(23)12-20(11-16)14-22(9-10-26-20)13-15-3-2-4-19-18(15)7-8-21-19/h2-4,7-8,16-17,21H,5-6,9-14H2,1H3/t16-,17+,20?. The fourth-order valence-electron chi connectivity index (χ4n) is 5.64. The van der Waals surface area contributed by atoms with E-state index in [0.717, 1.165) is 51.9 Å². The summed E-state index contributed by atoms with van der Waals surface area (Å²) >= 11 is 0. The van der Waals surface area contributed by atoms with Crippen LogP contribution in [0.3, 0.4) is 0 Å². The monoisotopic (exact) mass is 389 g/mol. The summed E-state index contributed by atoms with van der Waals surface area (Å²) in [5.41, 5.74) is 2.31. The summed E-state index contributed by atoms with van der Waals surface area (Å²) < 4.78 is 32.5. The number of piperidine rings is 1. The number of hydrogen-bond donors (Lipinski definition) is 1. The van der Waals surface area contributed by atoms with Crippen LogP contribution in [0.5, 0.6) is 0 Å². The highest BCUT2D eigenvalue weighted by molar-refractivity contribution is 7.88. The second-order valence-electron chi connectivity index (χ2n) is 8.48. The second-order valence-corrected chi connectivity index (χ2v) is 10.4. The Morgan fingerprint density at radius 2 is 2.00 bits per heavy atom. The molecule has 27 heavy (non-hydrogen) atoms. The van der Waals surface area contributed by atoms with E-state index in [1.807, 2.05) is 6.20 Å².